The molecule has 1 amide bonds. The highest BCUT2D eigenvalue weighted by molar-refractivity contribution is 5.95. The number of hydrogen-bond donors (Lipinski definition) is 2. The van der Waals surface area contributed by atoms with Gasteiger partial charge in [0.2, 0.25) is 0 Å². The Hall–Kier alpha value is -2.90. The molecule has 0 radical (unpaired) electrons. The smallest absolute Gasteiger partial charge is 0.310 e. The molecule has 0 aliphatic heterocycles. The lowest BCUT2D eigenvalue weighted by atomic mass is 10.1. The molecule has 0 unspecified atom stereocenters. The Morgan fingerprint density at radius 1 is 1.52 bits per heavy atom. The minimum absolute atomic E-state index is 0.152. The van der Waals surface area contributed by atoms with Crippen molar-refractivity contribution in [2.24, 2.45) is 7.05 Å². The van der Waals surface area contributed by atoms with Gasteiger partial charge in [-0.15, -0.1) is 0 Å². The molecule has 21 heavy (non-hydrogen) atoms. The number of phenolic OH excluding ortho intramolecular Hbond substituents is 1. The molecule has 1 heterocycles. The van der Waals surface area contributed by atoms with Gasteiger partial charge in [0.05, 0.1) is 11.1 Å². The van der Waals surface area contributed by atoms with Crippen molar-refractivity contribution in [1.82, 2.24) is 15.1 Å². The second-order valence-electron chi connectivity index (χ2n) is 4.52. The molecular weight excluding hydrogens is 276 g/mol. The summed E-state index contributed by atoms with van der Waals surface area (Å²) in [5.74, 6) is -0.964. The first kappa shape index (κ1) is 14.5. The van der Waals surface area contributed by atoms with Crippen LogP contribution in [0.25, 0.3) is 0 Å². The molecular formula is C13H14N4O4. The van der Waals surface area contributed by atoms with Crippen LogP contribution >= 0.6 is 0 Å². The van der Waals surface area contributed by atoms with Crippen molar-refractivity contribution in [3.05, 3.63) is 51.3 Å². The van der Waals surface area contributed by atoms with Crippen molar-refractivity contribution >= 4 is 11.6 Å². The minimum atomic E-state index is -0.712. The average molecular weight is 290 g/mol. The van der Waals surface area contributed by atoms with E-state index in [1.165, 1.54) is 6.07 Å². The monoisotopic (exact) mass is 290 g/mol. The summed E-state index contributed by atoms with van der Waals surface area (Å²) in [4.78, 5) is 21.8. The zero-order valence-corrected chi connectivity index (χ0v) is 11.5. The molecule has 2 rings (SSSR count). The van der Waals surface area contributed by atoms with E-state index in [4.69, 9.17) is 0 Å². The van der Waals surface area contributed by atoms with Crippen LogP contribution in [0.15, 0.2) is 24.4 Å². The Bertz CT molecular complexity index is 708. The van der Waals surface area contributed by atoms with Gasteiger partial charge in [-0.1, -0.05) is 0 Å². The second-order valence-corrected chi connectivity index (χ2v) is 4.52. The van der Waals surface area contributed by atoms with Crippen LogP contribution in [0, 0.1) is 17.0 Å². The number of nitrogens with one attached hydrogen (secondary N) is 1. The van der Waals surface area contributed by atoms with Crippen molar-refractivity contribution in [2.75, 3.05) is 0 Å². The fraction of sp³-hybridized carbons (Fsp3) is 0.231. The summed E-state index contributed by atoms with van der Waals surface area (Å²) < 4.78 is 1.69. The molecule has 0 saturated carbocycles. The molecule has 0 fully saturated rings. The number of amides is 1. The molecule has 1 aromatic heterocycles. The van der Waals surface area contributed by atoms with Gasteiger partial charge >= 0.3 is 5.69 Å². The van der Waals surface area contributed by atoms with Gasteiger partial charge in [-0.25, -0.2) is 0 Å². The van der Waals surface area contributed by atoms with Crippen LogP contribution in [-0.4, -0.2) is 25.7 Å². The predicted octanol–water partition coefficient (Wildman–Crippen LogP) is 1.27. The largest absolute Gasteiger partial charge is 0.502 e. The van der Waals surface area contributed by atoms with E-state index in [2.05, 4.69) is 10.4 Å². The van der Waals surface area contributed by atoms with E-state index in [1.807, 2.05) is 6.92 Å². The van der Waals surface area contributed by atoms with Crippen LogP contribution in [0.2, 0.25) is 0 Å². The van der Waals surface area contributed by atoms with Gasteiger partial charge in [0.15, 0.2) is 5.75 Å². The summed E-state index contributed by atoms with van der Waals surface area (Å²) >= 11 is 0. The summed E-state index contributed by atoms with van der Waals surface area (Å²) in [6, 6.07) is 3.46. The third-order valence-corrected chi connectivity index (χ3v) is 3.21. The summed E-state index contributed by atoms with van der Waals surface area (Å²) in [5, 5.41) is 26.8. The number of carbonyl (C=O) groups is 1. The van der Waals surface area contributed by atoms with Gasteiger partial charge in [-0.05, 0) is 19.1 Å². The summed E-state index contributed by atoms with van der Waals surface area (Å²) in [7, 11) is 1.80. The molecule has 1 aromatic carbocycles. The van der Waals surface area contributed by atoms with Crippen LogP contribution in [-0.2, 0) is 13.6 Å². The molecule has 0 saturated heterocycles. The lowest BCUT2D eigenvalue weighted by Crippen LogP contribution is -2.23. The fourth-order valence-corrected chi connectivity index (χ4v) is 1.81. The highest BCUT2D eigenvalue weighted by Crippen LogP contribution is 2.26. The van der Waals surface area contributed by atoms with Gasteiger partial charge in [-0.2, -0.15) is 5.10 Å². The number of aromatic hydroxyl groups is 1. The summed E-state index contributed by atoms with van der Waals surface area (Å²) in [5.41, 5.74) is 1.52. The van der Waals surface area contributed by atoms with Crippen molar-refractivity contribution in [3.8, 4) is 5.75 Å². The van der Waals surface area contributed by atoms with Crippen LogP contribution in [0.3, 0.4) is 0 Å². The standard InChI is InChI=1S/C13H14N4O4/c1-8-10(7-15-16(8)2)6-14-13(19)9-3-4-11(17(20)21)12(18)5-9/h3-5,7,18H,6H2,1-2H3,(H,14,19). The number of aryl methyl sites for hydroxylation is 1. The van der Waals surface area contributed by atoms with E-state index in [-0.39, 0.29) is 12.1 Å². The molecule has 2 aromatic rings. The number of benzene rings is 1. The number of nitro benzene ring substituents is 1. The number of aromatic nitrogens is 2. The van der Waals surface area contributed by atoms with Gasteiger partial charge in [0, 0.05) is 36.5 Å². The van der Waals surface area contributed by atoms with E-state index in [9.17, 15) is 20.0 Å². The Labute approximate surface area is 120 Å². The number of nitrogens with zero attached hydrogens (tertiary/aromatic N) is 3. The average Bonchev–Trinajstić information content (AvgIpc) is 2.75. The van der Waals surface area contributed by atoms with E-state index >= 15 is 0 Å². The third kappa shape index (κ3) is 2.99. The van der Waals surface area contributed by atoms with Crippen molar-refractivity contribution < 1.29 is 14.8 Å². The molecule has 8 nitrogen and oxygen atoms in total. The topological polar surface area (TPSA) is 110 Å². The summed E-state index contributed by atoms with van der Waals surface area (Å²) in [6.45, 7) is 2.17. The molecule has 2 N–H and O–H groups in total. The predicted molar refractivity (Wildman–Crippen MR) is 73.9 cm³/mol. The van der Waals surface area contributed by atoms with Crippen LogP contribution < -0.4 is 5.32 Å². The molecule has 0 atom stereocenters. The van der Waals surface area contributed by atoms with E-state index in [0.717, 1.165) is 23.4 Å². The fourth-order valence-electron chi connectivity index (χ4n) is 1.81. The number of hydrogen-bond acceptors (Lipinski definition) is 5. The maximum absolute atomic E-state index is 12.0. The molecule has 0 aliphatic carbocycles. The Balaban J connectivity index is 2.09. The quantitative estimate of drug-likeness (QED) is 0.650. The van der Waals surface area contributed by atoms with E-state index in [0.29, 0.717) is 0 Å². The summed E-state index contributed by atoms with van der Waals surface area (Å²) in [6.07, 6.45) is 1.66. The molecule has 8 heteroatoms. The van der Waals surface area contributed by atoms with Crippen LogP contribution in [0.4, 0.5) is 5.69 Å². The maximum atomic E-state index is 12.0. The van der Waals surface area contributed by atoms with Gasteiger partial charge in [-0.3, -0.25) is 19.6 Å². The first-order valence-corrected chi connectivity index (χ1v) is 6.13. The zero-order valence-electron chi connectivity index (χ0n) is 11.5. The normalized spacial score (nSPS) is 10.4. The third-order valence-electron chi connectivity index (χ3n) is 3.21. The number of nitro groups is 1. The van der Waals surface area contributed by atoms with Crippen LogP contribution in [0.1, 0.15) is 21.6 Å². The Morgan fingerprint density at radius 3 is 2.76 bits per heavy atom. The maximum Gasteiger partial charge on any atom is 0.310 e. The van der Waals surface area contributed by atoms with E-state index in [1.54, 1.807) is 17.9 Å². The second kappa shape index (κ2) is 5.61. The lowest BCUT2D eigenvalue weighted by Gasteiger charge is -2.05. The Kier molecular flexibility index (Phi) is 3.88. The van der Waals surface area contributed by atoms with Crippen molar-refractivity contribution in [1.29, 1.82) is 0 Å². The molecule has 0 spiro atoms. The zero-order chi connectivity index (χ0) is 15.6. The SMILES string of the molecule is Cc1c(CNC(=O)c2ccc([N+](=O)[O-])c(O)c2)cnn1C. The van der Waals surface area contributed by atoms with E-state index < -0.39 is 22.3 Å². The van der Waals surface area contributed by atoms with Gasteiger partial charge < -0.3 is 10.4 Å². The lowest BCUT2D eigenvalue weighted by molar-refractivity contribution is -0.385. The molecule has 0 bridgehead atoms. The number of carbonyl (C=O) groups excluding carboxylic acids is 1. The number of phenols is 1. The number of rotatable bonds is 4. The first-order chi connectivity index (χ1) is 9.90. The highest BCUT2D eigenvalue weighted by Gasteiger charge is 2.16. The van der Waals surface area contributed by atoms with Crippen LogP contribution in [0.5, 0.6) is 5.75 Å². The van der Waals surface area contributed by atoms with Crippen molar-refractivity contribution in [3.63, 3.8) is 0 Å². The van der Waals surface area contributed by atoms with Gasteiger partial charge in [0.1, 0.15) is 0 Å². The molecule has 110 valence electrons. The molecule has 0 aliphatic rings. The highest BCUT2D eigenvalue weighted by atomic mass is 16.6. The van der Waals surface area contributed by atoms with Gasteiger partial charge in [0.25, 0.3) is 5.91 Å². The van der Waals surface area contributed by atoms with Crippen molar-refractivity contribution in [2.45, 2.75) is 13.5 Å². The first-order valence-electron chi connectivity index (χ1n) is 6.13. The Morgan fingerprint density at radius 2 is 2.24 bits per heavy atom. The minimum Gasteiger partial charge on any atom is -0.502 e.